The molecular formula is C5H8S. The second kappa shape index (κ2) is 3.04. The average Bonchev–Trinajstić information content (AvgIpc) is 1.35. The molecule has 0 aromatic heterocycles. The molecule has 0 fully saturated rings. The van der Waals surface area contributed by atoms with Crippen LogP contribution in [0.15, 0.2) is 12.2 Å². The van der Waals surface area contributed by atoms with Crippen molar-refractivity contribution in [1.29, 1.82) is 0 Å². The minimum absolute atomic E-state index is 0.942. The van der Waals surface area contributed by atoms with E-state index in [1.54, 1.807) is 0 Å². The van der Waals surface area contributed by atoms with E-state index in [1.807, 2.05) is 26.0 Å². The largest absolute Gasteiger partial charge is 0.0866 e. The van der Waals surface area contributed by atoms with E-state index in [-0.39, 0.29) is 0 Å². The van der Waals surface area contributed by atoms with Gasteiger partial charge in [-0.15, -0.1) is 0 Å². The van der Waals surface area contributed by atoms with Crippen molar-refractivity contribution in [3.05, 3.63) is 12.2 Å². The summed E-state index contributed by atoms with van der Waals surface area (Å²) in [7, 11) is 0. The van der Waals surface area contributed by atoms with Crippen molar-refractivity contribution in [3.63, 3.8) is 0 Å². The molecule has 0 nitrogen and oxygen atoms in total. The number of hydrogen-bond donors (Lipinski definition) is 0. The average molecular weight is 100 g/mol. The SMILES string of the molecule is C/C=C/C(C)=S. The minimum atomic E-state index is 0.942. The van der Waals surface area contributed by atoms with Crippen LogP contribution in [0.2, 0.25) is 0 Å². The Morgan fingerprint density at radius 2 is 2.17 bits per heavy atom. The van der Waals surface area contributed by atoms with E-state index in [1.165, 1.54) is 0 Å². The Bertz CT molecular complexity index is 72.0. The van der Waals surface area contributed by atoms with Gasteiger partial charge in [-0.2, -0.15) is 0 Å². The highest BCUT2D eigenvalue weighted by Crippen LogP contribution is 1.74. The molecule has 0 aliphatic carbocycles. The third-order valence-corrected chi connectivity index (χ3v) is 0.537. The van der Waals surface area contributed by atoms with Gasteiger partial charge < -0.3 is 0 Å². The number of thiocarbonyl (C=S) groups is 1. The fourth-order valence-corrected chi connectivity index (χ4v) is 0.371. The number of rotatable bonds is 1. The van der Waals surface area contributed by atoms with Crippen LogP contribution in [-0.4, -0.2) is 4.86 Å². The lowest BCUT2D eigenvalue weighted by Crippen LogP contribution is -1.70. The van der Waals surface area contributed by atoms with Gasteiger partial charge in [0.25, 0.3) is 0 Å². The van der Waals surface area contributed by atoms with E-state index in [2.05, 4.69) is 0 Å². The fraction of sp³-hybridized carbons (Fsp3) is 0.400. The predicted molar refractivity (Wildman–Crippen MR) is 33.1 cm³/mol. The smallest absolute Gasteiger partial charge is 0.0117 e. The summed E-state index contributed by atoms with van der Waals surface area (Å²) in [6.45, 7) is 3.85. The van der Waals surface area contributed by atoms with Gasteiger partial charge in [-0.3, -0.25) is 0 Å². The Kier molecular flexibility index (Phi) is 2.95. The van der Waals surface area contributed by atoms with Crippen molar-refractivity contribution in [2.24, 2.45) is 0 Å². The summed E-state index contributed by atoms with van der Waals surface area (Å²) in [4.78, 5) is 0.942. The van der Waals surface area contributed by atoms with E-state index in [0.717, 1.165) is 4.86 Å². The summed E-state index contributed by atoms with van der Waals surface area (Å²) in [6.07, 6.45) is 3.83. The van der Waals surface area contributed by atoms with Crippen molar-refractivity contribution in [2.75, 3.05) is 0 Å². The third-order valence-electron chi connectivity index (χ3n) is 0.401. The first-order valence-corrected chi connectivity index (χ1v) is 2.31. The summed E-state index contributed by atoms with van der Waals surface area (Å²) < 4.78 is 0. The zero-order chi connectivity index (χ0) is 4.99. The van der Waals surface area contributed by atoms with Gasteiger partial charge in [0.1, 0.15) is 0 Å². The van der Waals surface area contributed by atoms with Crippen LogP contribution in [0, 0.1) is 0 Å². The monoisotopic (exact) mass is 100 g/mol. The third kappa shape index (κ3) is 3.83. The molecule has 0 bridgehead atoms. The molecule has 0 saturated heterocycles. The highest BCUT2D eigenvalue weighted by molar-refractivity contribution is 7.80. The molecule has 0 aromatic carbocycles. The Hall–Kier alpha value is -0.170. The number of hydrogen-bond acceptors (Lipinski definition) is 1. The zero-order valence-electron chi connectivity index (χ0n) is 4.06. The van der Waals surface area contributed by atoms with Gasteiger partial charge in [0.15, 0.2) is 0 Å². The van der Waals surface area contributed by atoms with Crippen LogP contribution in [0.5, 0.6) is 0 Å². The molecule has 0 rings (SSSR count). The maximum absolute atomic E-state index is 4.71. The maximum atomic E-state index is 4.71. The standard InChI is InChI=1S/C5H8S/c1-3-4-5(2)6/h3-4H,1-2H3/b4-3+. The van der Waals surface area contributed by atoms with Gasteiger partial charge in [0.05, 0.1) is 0 Å². The summed E-state index contributed by atoms with van der Waals surface area (Å²) >= 11 is 4.71. The Labute approximate surface area is 43.9 Å². The van der Waals surface area contributed by atoms with Crippen LogP contribution in [0.1, 0.15) is 13.8 Å². The van der Waals surface area contributed by atoms with Crippen LogP contribution in [0.3, 0.4) is 0 Å². The maximum Gasteiger partial charge on any atom is 0.0117 e. The second-order valence-electron chi connectivity index (χ2n) is 1.11. The van der Waals surface area contributed by atoms with Gasteiger partial charge in [-0.25, -0.2) is 0 Å². The lowest BCUT2D eigenvalue weighted by Gasteiger charge is -1.72. The van der Waals surface area contributed by atoms with Crippen molar-refractivity contribution in [3.8, 4) is 0 Å². The molecule has 0 heterocycles. The summed E-state index contributed by atoms with van der Waals surface area (Å²) in [6, 6.07) is 0. The molecule has 0 atom stereocenters. The molecule has 0 aliphatic rings. The number of allylic oxidation sites excluding steroid dienone is 2. The first-order valence-electron chi connectivity index (χ1n) is 1.90. The van der Waals surface area contributed by atoms with Crippen molar-refractivity contribution < 1.29 is 0 Å². The highest BCUT2D eigenvalue weighted by Gasteiger charge is 1.67. The minimum Gasteiger partial charge on any atom is -0.0866 e. The molecule has 0 saturated carbocycles. The van der Waals surface area contributed by atoms with E-state index in [0.29, 0.717) is 0 Å². The Balaban J connectivity index is 3.30. The van der Waals surface area contributed by atoms with E-state index in [9.17, 15) is 0 Å². The first-order chi connectivity index (χ1) is 2.77. The predicted octanol–water partition coefficient (Wildman–Crippen LogP) is 1.95. The molecule has 1 heteroatoms. The van der Waals surface area contributed by atoms with E-state index < -0.39 is 0 Å². The van der Waals surface area contributed by atoms with Gasteiger partial charge in [-0.05, 0) is 13.8 Å². The molecule has 6 heavy (non-hydrogen) atoms. The fourth-order valence-electron chi connectivity index (χ4n) is 0.235. The van der Waals surface area contributed by atoms with E-state index >= 15 is 0 Å². The van der Waals surface area contributed by atoms with Crippen LogP contribution < -0.4 is 0 Å². The van der Waals surface area contributed by atoms with Crippen LogP contribution in [0.25, 0.3) is 0 Å². The lowest BCUT2D eigenvalue weighted by molar-refractivity contribution is 1.76. The molecule has 0 radical (unpaired) electrons. The molecule has 0 spiro atoms. The van der Waals surface area contributed by atoms with Crippen LogP contribution in [0.4, 0.5) is 0 Å². The Morgan fingerprint density at radius 1 is 1.67 bits per heavy atom. The quantitative estimate of drug-likeness (QED) is 0.358. The molecule has 0 unspecified atom stereocenters. The molecule has 0 aliphatic heterocycles. The topological polar surface area (TPSA) is 0 Å². The molecule has 34 valence electrons. The molecule has 0 amide bonds. The Morgan fingerprint density at radius 3 is 2.17 bits per heavy atom. The summed E-state index contributed by atoms with van der Waals surface area (Å²) in [5.41, 5.74) is 0. The van der Waals surface area contributed by atoms with Gasteiger partial charge >= 0.3 is 0 Å². The van der Waals surface area contributed by atoms with E-state index in [4.69, 9.17) is 12.2 Å². The lowest BCUT2D eigenvalue weighted by atomic mass is 10.4. The second-order valence-corrected chi connectivity index (χ2v) is 1.75. The van der Waals surface area contributed by atoms with Crippen LogP contribution in [-0.2, 0) is 0 Å². The van der Waals surface area contributed by atoms with Crippen molar-refractivity contribution in [2.45, 2.75) is 13.8 Å². The van der Waals surface area contributed by atoms with Gasteiger partial charge in [0.2, 0.25) is 0 Å². The van der Waals surface area contributed by atoms with Gasteiger partial charge in [0, 0.05) is 4.86 Å². The molecule has 0 N–H and O–H groups in total. The van der Waals surface area contributed by atoms with Gasteiger partial charge in [-0.1, -0.05) is 24.4 Å². The van der Waals surface area contributed by atoms with Crippen molar-refractivity contribution in [1.82, 2.24) is 0 Å². The molecule has 0 aromatic rings. The highest BCUT2D eigenvalue weighted by atomic mass is 32.1. The van der Waals surface area contributed by atoms with Crippen molar-refractivity contribution >= 4 is 17.1 Å². The zero-order valence-corrected chi connectivity index (χ0v) is 4.88. The molecular weight excluding hydrogens is 92.1 g/mol. The first kappa shape index (κ1) is 5.83. The summed E-state index contributed by atoms with van der Waals surface area (Å²) in [5, 5.41) is 0. The normalized spacial score (nSPS) is 9.67. The van der Waals surface area contributed by atoms with Crippen LogP contribution >= 0.6 is 12.2 Å². The summed E-state index contributed by atoms with van der Waals surface area (Å²) in [5.74, 6) is 0.